The normalized spacial score (nSPS) is 27.1. The molecule has 1 aromatic carbocycles. The third-order valence-electron chi connectivity index (χ3n) is 7.22. The smallest absolute Gasteiger partial charge is 0.243 e. The van der Waals surface area contributed by atoms with Gasteiger partial charge in [-0.3, -0.25) is 34.3 Å². The number of piperazine rings is 1. The van der Waals surface area contributed by atoms with Crippen molar-refractivity contribution in [2.24, 2.45) is 5.92 Å². The standard InChI is InChI=1S/C23H29N5O4/c29-14-20(30)22-18-9-17(27-7-5-26(6-8-27)12-15-10-24-11-15)2-1-16(18)13-28(22)19-3-4-21(31)25-23(19)32/h1-2,9,14-15,19,22,24H,3-8,10-13H2,(H,25,31,32). The predicted molar refractivity (Wildman–Crippen MR) is 117 cm³/mol. The lowest BCUT2D eigenvalue weighted by atomic mass is 9.98. The Labute approximate surface area is 187 Å². The first-order chi connectivity index (χ1) is 15.5. The third kappa shape index (κ3) is 3.96. The second-order valence-corrected chi connectivity index (χ2v) is 9.26. The first-order valence-corrected chi connectivity index (χ1v) is 11.4. The van der Waals surface area contributed by atoms with Gasteiger partial charge in [-0.1, -0.05) is 6.07 Å². The van der Waals surface area contributed by atoms with Crippen LogP contribution in [0.4, 0.5) is 5.69 Å². The van der Waals surface area contributed by atoms with E-state index in [2.05, 4.69) is 26.5 Å². The fourth-order valence-electron chi connectivity index (χ4n) is 5.35. The summed E-state index contributed by atoms with van der Waals surface area (Å²) in [4.78, 5) is 54.7. The number of fused-ring (bicyclic) bond motifs is 1. The average Bonchev–Trinajstić information content (AvgIpc) is 3.14. The van der Waals surface area contributed by atoms with Gasteiger partial charge in [-0.05, 0) is 35.6 Å². The molecule has 0 aliphatic carbocycles. The summed E-state index contributed by atoms with van der Waals surface area (Å²) in [5.74, 6) is -0.480. The number of piperidine rings is 1. The Balaban J connectivity index is 1.33. The highest BCUT2D eigenvalue weighted by Gasteiger charge is 2.43. The maximum Gasteiger partial charge on any atom is 0.243 e. The van der Waals surface area contributed by atoms with Gasteiger partial charge in [0.25, 0.3) is 0 Å². The number of nitrogens with zero attached hydrogens (tertiary/aromatic N) is 3. The molecule has 9 nitrogen and oxygen atoms in total. The Kier molecular flexibility index (Phi) is 5.79. The molecular weight excluding hydrogens is 410 g/mol. The second-order valence-electron chi connectivity index (χ2n) is 9.26. The van der Waals surface area contributed by atoms with Gasteiger partial charge in [-0.25, -0.2) is 0 Å². The van der Waals surface area contributed by atoms with E-state index in [0.717, 1.165) is 68.5 Å². The Morgan fingerprint density at radius 3 is 2.56 bits per heavy atom. The highest BCUT2D eigenvalue weighted by atomic mass is 16.2. The molecule has 0 bridgehead atoms. The summed E-state index contributed by atoms with van der Waals surface area (Å²) >= 11 is 0. The first kappa shape index (κ1) is 21.2. The lowest BCUT2D eigenvalue weighted by molar-refractivity contribution is -0.141. The number of nitrogens with one attached hydrogen (secondary N) is 2. The van der Waals surface area contributed by atoms with E-state index in [9.17, 15) is 19.2 Å². The number of hydrogen-bond acceptors (Lipinski definition) is 8. The molecule has 0 spiro atoms. The number of ketones is 1. The number of carbonyl (C=O) groups excluding carboxylic acids is 4. The van der Waals surface area contributed by atoms with E-state index in [1.165, 1.54) is 0 Å². The summed E-state index contributed by atoms with van der Waals surface area (Å²) in [7, 11) is 0. The molecule has 2 atom stereocenters. The zero-order chi connectivity index (χ0) is 22.2. The first-order valence-electron chi connectivity index (χ1n) is 11.4. The van der Waals surface area contributed by atoms with Crippen molar-refractivity contribution in [2.45, 2.75) is 31.5 Å². The van der Waals surface area contributed by atoms with Crippen molar-refractivity contribution < 1.29 is 19.2 Å². The molecule has 2 N–H and O–H groups in total. The van der Waals surface area contributed by atoms with Crippen molar-refractivity contribution in [3.63, 3.8) is 0 Å². The van der Waals surface area contributed by atoms with Crippen LogP contribution in [-0.4, -0.2) is 85.5 Å². The zero-order valence-electron chi connectivity index (χ0n) is 18.1. The summed E-state index contributed by atoms with van der Waals surface area (Å²) in [5.41, 5.74) is 2.80. The molecule has 32 heavy (non-hydrogen) atoms. The highest BCUT2D eigenvalue weighted by molar-refractivity contribution is 6.27. The van der Waals surface area contributed by atoms with E-state index in [1.807, 2.05) is 12.1 Å². The largest absolute Gasteiger partial charge is 0.369 e. The second kappa shape index (κ2) is 8.73. The molecule has 1 aromatic rings. The summed E-state index contributed by atoms with van der Waals surface area (Å²) in [6.07, 6.45) is 0.934. The Bertz CT molecular complexity index is 938. The lowest BCUT2D eigenvalue weighted by Crippen LogP contribution is -2.53. The molecule has 4 heterocycles. The number of Topliss-reactive ketones (excluding diaryl/α,β-unsaturated/α-hetero) is 1. The molecule has 3 fully saturated rings. The van der Waals surface area contributed by atoms with Gasteiger partial charge in [0.2, 0.25) is 17.6 Å². The molecule has 9 heteroatoms. The van der Waals surface area contributed by atoms with Crippen molar-refractivity contribution in [3.05, 3.63) is 29.3 Å². The van der Waals surface area contributed by atoms with E-state index in [-0.39, 0.29) is 12.3 Å². The number of benzene rings is 1. The summed E-state index contributed by atoms with van der Waals surface area (Å²) < 4.78 is 0. The number of rotatable bonds is 6. The van der Waals surface area contributed by atoms with Gasteiger partial charge in [-0.15, -0.1) is 0 Å². The van der Waals surface area contributed by atoms with Gasteiger partial charge in [-0.2, -0.15) is 0 Å². The number of amides is 2. The zero-order valence-corrected chi connectivity index (χ0v) is 18.1. The van der Waals surface area contributed by atoms with Gasteiger partial charge >= 0.3 is 0 Å². The van der Waals surface area contributed by atoms with Crippen LogP contribution in [0.25, 0.3) is 0 Å². The maximum absolute atomic E-state index is 12.6. The van der Waals surface area contributed by atoms with Gasteiger partial charge in [0.1, 0.15) is 6.04 Å². The van der Waals surface area contributed by atoms with Crippen LogP contribution in [0.2, 0.25) is 0 Å². The van der Waals surface area contributed by atoms with E-state index in [1.54, 1.807) is 4.90 Å². The van der Waals surface area contributed by atoms with Crippen LogP contribution in [0.5, 0.6) is 0 Å². The third-order valence-corrected chi connectivity index (χ3v) is 7.22. The fourth-order valence-corrected chi connectivity index (χ4v) is 5.35. The summed E-state index contributed by atoms with van der Waals surface area (Å²) in [5, 5.41) is 5.69. The molecule has 0 saturated carbocycles. The van der Waals surface area contributed by atoms with Crippen molar-refractivity contribution >= 4 is 29.6 Å². The lowest BCUT2D eigenvalue weighted by Gasteiger charge is -2.39. The van der Waals surface area contributed by atoms with Crippen LogP contribution in [0, 0.1) is 5.92 Å². The molecule has 4 aliphatic heterocycles. The van der Waals surface area contributed by atoms with Crippen LogP contribution in [0.3, 0.4) is 0 Å². The molecule has 170 valence electrons. The van der Waals surface area contributed by atoms with E-state index in [4.69, 9.17) is 0 Å². The van der Waals surface area contributed by atoms with Crippen molar-refractivity contribution in [2.75, 3.05) is 50.7 Å². The van der Waals surface area contributed by atoms with Crippen LogP contribution in [0.15, 0.2) is 18.2 Å². The topological polar surface area (TPSA) is 102 Å². The van der Waals surface area contributed by atoms with E-state index >= 15 is 0 Å². The molecule has 5 rings (SSSR count). The maximum atomic E-state index is 12.6. The highest BCUT2D eigenvalue weighted by Crippen LogP contribution is 2.39. The van der Waals surface area contributed by atoms with Crippen LogP contribution < -0.4 is 15.5 Å². The molecule has 3 saturated heterocycles. The molecule has 0 aromatic heterocycles. The van der Waals surface area contributed by atoms with E-state index in [0.29, 0.717) is 19.3 Å². The minimum atomic E-state index is -0.779. The molecule has 2 unspecified atom stereocenters. The molecular formula is C23H29N5O4. The Hall–Kier alpha value is -2.62. The van der Waals surface area contributed by atoms with Crippen molar-refractivity contribution in [3.8, 4) is 0 Å². The summed E-state index contributed by atoms with van der Waals surface area (Å²) in [6, 6.07) is 4.72. The number of anilines is 1. The average molecular weight is 440 g/mol. The summed E-state index contributed by atoms with van der Waals surface area (Å²) in [6.45, 7) is 7.63. The SMILES string of the molecule is O=CC(=O)C1c2cc(N3CCN(CC4CNC4)CC3)ccc2CN1C1CCC(=O)NC1=O. The monoisotopic (exact) mass is 439 g/mol. The Morgan fingerprint density at radius 1 is 1.12 bits per heavy atom. The van der Waals surface area contributed by atoms with Crippen LogP contribution in [-0.2, 0) is 25.7 Å². The van der Waals surface area contributed by atoms with Crippen LogP contribution in [0.1, 0.15) is 30.0 Å². The Morgan fingerprint density at radius 2 is 1.91 bits per heavy atom. The quantitative estimate of drug-likeness (QED) is 0.346. The fraction of sp³-hybridized carbons (Fsp3) is 0.565. The molecule has 0 radical (unpaired) electrons. The number of carbonyl (C=O) groups is 4. The predicted octanol–water partition coefficient (Wildman–Crippen LogP) is -0.542. The molecule has 2 amide bonds. The minimum absolute atomic E-state index is 0.234. The van der Waals surface area contributed by atoms with E-state index < -0.39 is 23.8 Å². The molecule has 4 aliphatic rings. The van der Waals surface area contributed by atoms with Crippen molar-refractivity contribution in [1.82, 2.24) is 20.4 Å². The van der Waals surface area contributed by atoms with Crippen LogP contribution >= 0.6 is 0 Å². The van der Waals surface area contributed by atoms with Gasteiger partial charge in [0.05, 0.1) is 6.04 Å². The van der Waals surface area contributed by atoms with Gasteiger partial charge in [0.15, 0.2) is 6.29 Å². The van der Waals surface area contributed by atoms with Gasteiger partial charge in [0, 0.05) is 64.5 Å². The number of aldehydes is 1. The minimum Gasteiger partial charge on any atom is -0.369 e. The van der Waals surface area contributed by atoms with Gasteiger partial charge < -0.3 is 10.2 Å². The van der Waals surface area contributed by atoms with Crippen molar-refractivity contribution in [1.29, 1.82) is 0 Å². The number of hydrogen-bond donors (Lipinski definition) is 2. The number of imide groups is 1.